The largest absolute Gasteiger partial charge is 0.458 e. The lowest BCUT2D eigenvalue weighted by molar-refractivity contribution is -0.243. The van der Waals surface area contributed by atoms with Gasteiger partial charge in [-0.25, -0.2) is 0 Å². The number of rotatable bonds is 2. The number of benzene rings is 1. The molecule has 0 bridgehead atoms. The van der Waals surface area contributed by atoms with Crippen LogP contribution in [0, 0.1) is 0 Å². The summed E-state index contributed by atoms with van der Waals surface area (Å²) in [5.74, 6) is -4.13. The Bertz CT molecular complexity index is 708. The van der Waals surface area contributed by atoms with Crippen molar-refractivity contribution in [3.63, 3.8) is 0 Å². The SMILES string of the molecule is CO[C@@]1(C)C[C@H](N2C(=O)c3ccccc3C2=O)C=C(C(F)(F)F)O1. The van der Waals surface area contributed by atoms with Crippen molar-refractivity contribution in [1.29, 1.82) is 0 Å². The first kappa shape index (κ1) is 16.5. The van der Waals surface area contributed by atoms with Crippen LogP contribution in [0.1, 0.15) is 34.1 Å². The van der Waals surface area contributed by atoms with Gasteiger partial charge >= 0.3 is 6.18 Å². The highest BCUT2D eigenvalue weighted by Crippen LogP contribution is 2.39. The first-order valence-corrected chi connectivity index (χ1v) is 7.16. The van der Waals surface area contributed by atoms with Gasteiger partial charge in [0.15, 0.2) is 0 Å². The Hall–Kier alpha value is -2.35. The average molecular weight is 341 g/mol. The van der Waals surface area contributed by atoms with E-state index in [-0.39, 0.29) is 17.5 Å². The maximum Gasteiger partial charge on any atom is 0.448 e. The number of allylic oxidation sites excluding steroid dienone is 1. The third kappa shape index (κ3) is 2.56. The van der Waals surface area contributed by atoms with Crippen LogP contribution in [0.2, 0.25) is 0 Å². The van der Waals surface area contributed by atoms with Crippen LogP contribution in [0.15, 0.2) is 36.1 Å². The lowest BCUT2D eigenvalue weighted by atomic mass is 10.0. The fourth-order valence-electron chi connectivity index (χ4n) is 2.87. The summed E-state index contributed by atoms with van der Waals surface area (Å²) in [6.45, 7) is 1.33. The molecule has 5 nitrogen and oxygen atoms in total. The fraction of sp³-hybridized carbons (Fsp3) is 0.375. The molecule has 0 N–H and O–H groups in total. The number of halogens is 3. The molecule has 2 aliphatic rings. The van der Waals surface area contributed by atoms with Crippen molar-refractivity contribution in [1.82, 2.24) is 4.90 Å². The molecule has 0 unspecified atom stereocenters. The number of amides is 2. The third-order valence-electron chi connectivity index (χ3n) is 4.12. The smallest absolute Gasteiger partial charge is 0.448 e. The summed E-state index contributed by atoms with van der Waals surface area (Å²) in [4.78, 5) is 25.8. The Labute approximate surface area is 135 Å². The van der Waals surface area contributed by atoms with Gasteiger partial charge in [0, 0.05) is 20.5 Å². The second-order valence-corrected chi connectivity index (χ2v) is 5.77. The van der Waals surface area contributed by atoms with Crippen LogP contribution in [-0.4, -0.2) is 41.8 Å². The molecule has 128 valence electrons. The molecule has 2 heterocycles. The predicted octanol–water partition coefficient (Wildman–Crippen LogP) is 2.88. The molecule has 0 aromatic heterocycles. The van der Waals surface area contributed by atoms with Crippen LogP contribution in [0.25, 0.3) is 0 Å². The van der Waals surface area contributed by atoms with E-state index in [4.69, 9.17) is 9.47 Å². The molecule has 0 aliphatic carbocycles. The minimum Gasteiger partial charge on any atom is -0.458 e. The van der Waals surface area contributed by atoms with E-state index in [1.54, 1.807) is 12.1 Å². The highest BCUT2D eigenvalue weighted by Gasteiger charge is 2.49. The number of ether oxygens (including phenoxy) is 2. The highest BCUT2D eigenvalue weighted by atomic mass is 19.4. The quantitative estimate of drug-likeness (QED) is 0.776. The number of methoxy groups -OCH3 is 1. The van der Waals surface area contributed by atoms with E-state index in [0.717, 1.165) is 11.0 Å². The molecule has 24 heavy (non-hydrogen) atoms. The first-order chi connectivity index (χ1) is 11.2. The van der Waals surface area contributed by atoms with Gasteiger partial charge in [0.2, 0.25) is 11.5 Å². The van der Waals surface area contributed by atoms with Gasteiger partial charge in [-0.1, -0.05) is 12.1 Å². The highest BCUT2D eigenvalue weighted by molar-refractivity contribution is 6.21. The first-order valence-electron chi connectivity index (χ1n) is 7.16. The van der Waals surface area contributed by atoms with Gasteiger partial charge < -0.3 is 9.47 Å². The van der Waals surface area contributed by atoms with Crippen molar-refractivity contribution in [2.45, 2.75) is 31.3 Å². The van der Waals surface area contributed by atoms with Crippen molar-refractivity contribution in [3.8, 4) is 0 Å². The maximum atomic E-state index is 13.1. The molecule has 0 saturated carbocycles. The van der Waals surface area contributed by atoms with Crippen LogP contribution >= 0.6 is 0 Å². The average Bonchev–Trinajstić information content (AvgIpc) is 2.78. The normalized spacial score (nSPS) is 27.0. The van der Waals surface area contributed by atoms with E-state index in [0.29, 0.717) is 0 Å². The van der Waals surface area contributed by atoms with E-state index in [2.05, 4.69) is 0 Å². The number of nitrogens with zero attached hydrogens (tertiary/aromatic N) is 1. The molecule has 0 spiro atoms. The second-order valence-electron chi connectivity index (χ2n) is 5.77. The van der Waals surface area contributed by atoms with E-state index < -0.39 is 35.6 Å². The van der Waals surface area contributed by atoms with Crippen molar-refractivity contribution in [2.24, 2.45) is 0 Å². The molecular formula is C16H14F3NO4. The minimum atomic E-state index is -4.75. The zero-order valence-electron chi connectivity index (χ0n) is 12.9. The van der Waals surface area contributed by atoms with Crippen LogP contribution in [0.3, 0.4) is 0 Å². The minimum absolute atomic E-state index is 0.103. The Balaban J connectivity index is 2.02. The number of fused-ring (bicyclic) bond motifs is 1. The fourth-order valence-corrected chi connectivity index (χ4v) is 2.87. The standard InChI is InChI=1S/C16H14F3NO4/c1-15(23-2)8-9(7-12(24-15)16(17,18)19)20-13(21)10-5-3-4-6-11(10)14(20)22/h3-7,9H,8H2,1-2H3/t9-,15-/m1/s1. The summed E-state index contributed by atoms with van der Waals surface area (Å²) in [5, 5.41) is 0. The Kier molecular flexibility index (Phi) is 3.67. The van der Waals surface area contributed by atoms with Crippen LogP contribution in [0.5, 0.6) is 0 Å². The van der Waals surface area contributed by atoms with Crippen molar-refractivity contribution in [3.05, 3.63) is 47.2 Å². The summed E-state index contributed by atoms with van der Waals surface area (Å²) in [7, 11) is 1.21. The van der Waals surface area contributed by atoms with Crippen LogP contribution in [-0.2, 0) is 9.47 Å². The lowest BCUT2D eigenvalue weighted by Gasteiger charge is -2.39. The van der Waals surface area contributed by atoms with Gasteiger partial charge in [-0.3, -0.25) is 14.5 Å². The summed E-state index contributed by atoms with van der Waals surface area (Å²) in [5.41, 5.74) is 0.352. The predicted molar refractivity (Wildman–Crippen MR) is 76.0 cm³/mol. The number of alkyl halides is 3. The summed E-state index contributed by atoms with van der Waals surface area (Å²) in [6.07, 6.45) is -4.10. The van der Waals surface area contributed by atoms with Gasteiger partial charge in [-0.05, 0) is 18.2 Å². The Morgan fingerprint density at radius 3 is 2.21 bits per heavy atom. The van der Waals surface area contributed by atoms with E-state index >= 15 is 0 Å². The van der Waals surface area contributed by atoms with E-state index in [1.165, 1.54) is 26.2 Å². The number of hydrogen-bond donors (Lipinski definition) is 0. The van der Waals surface area contributed by atoms with Gasteiger partial charge in [0.1, 0.15) is 0 Å². The molecule has 8 heteroatoms. The Morgan fingerprint density at radius 1 is 1.21 bits per heavy atom. The zero-order chi connectivity index (χ0) is 17.7. The second kappa shape index (κ2) is 5.34. The summed E-state index contributed by atoms with van der Waals surface area (Å²) < 4.78 is 49.2. The molecule has 0 fully saturated rings. The van der Waals surface area contributed by atoms with Gasteiger partial charge in [0.25, 0.3) is 11.8 Å². The number of hydrogen-bond acceptors (Lipinski definition) is 4. The number of carbonyl (C=O) groups excluding carboxylic acids is 2. The van der Waals surface area contributed by atoms with Gasteiger partial charge in [-0.2, -0.15) is 13.2 Å². The molecule has 3 rings (SSSR count). The summed E-state index contributed by atoms with van der Waals surface area (Å²) >= 11 is 0. The molecule has 0 saturated heterocycles. The van der Waals surface area contributed by atoms with E-state index in [1.807, 2.05) is 0 Å². The topological polar surface area (TPSA) is 55.8 Å². The monoisotopic (exact) mass is 341 g/mol. The molecule has 2 aliphatic heterocycles. The molecule has 0 radical (unpaired) electrons. The number of carbonyl (C=O) groups is 2. The Morgan fingerprint density at radius 2 is 1.75 bits per heavy atom. The molecule has 1 aromatic rings. The molecule has 1 aromatic carbocycles. The zero-order valence-corrected chi connectivity index (χ0v) is 12.9. The molecular weight excluding hydrogens is 327 g/mol. The van der Waals surface area contributed by atoms with E-state index in [9.17, 15) is 22.8 Å². The van der Waals surface area contributed by atoms with Crippen molar-refractivity contribution in [2.75, 3.05) is 7.11 Å². The lowest BCUT2D eigenvalue weighted by Crippen LogP contribution is -2.49. The van der Waals surface area contributed by atoms with Crippen LogP contribution < -0.4 is 0 Å². The third-order valence-corrected chi connectivity index (χ3v) is 4.12. The van der Waals surface area contributed by atoms with Gasteiger partial charge in [-0.15, -0.1) is 0 Å². The van der Waals surface area contributed by atoms with Crippen molar-refractivity contribution < 1.29 is 32.2 Å². The summed E-state index contributed by atoms with van der Waals surface area (Å²) in [6, 6.07) is 5.01. The maximum absolute atomic E-state index is 13.1. The number of imide groups is 1. The van der Waals surface area contributed by atoms with Crippen LogP contribution in [0.4, 0.5) is 13.2 Å². The molecule has 2 amide bonds. The van der Waals surface area contributed by atoms with Gasteiger partial charge in [0.05, 0.1) is 17.2 Å². The van der Waals surface area contributed by atoms with Crippen molar-refractivity contribution >= 4 is 11.8 Å². The molecule has 2 atom stereocenters.